The summed E-state index contributed by atoms with van der Waals surface area (Å²) in [7, 11) is 1.49. The van der Waals surface area contributed by atoms with Crippen LogP contribution in [0.3, 0.4) is 0 Å². The van der Waals surface area contributed by atoms with Gasteiger partial charge in [0.2, 0.25) is 5.91 Å². The van der Waals surface area contributed by atoms with E-state index in [4.69, 9.17) is 9.47 Å². The summed E-state index contributed by atoms with van der Waals surface area (Å²) in [6.45, 7) is 8.01. The fraction of sp³-hybridized carbons (Fsp3) is 0.789. The number of aromatic nitrogens is 2. The first-order valence-electron chi connectivity index (χ1n) is 9.71. The van der Waals surface area contributed by atoms with Gasteiger partial charge in [-0.15, -0.1) is 0 Å². The van der Waals surface area contributed by atoms with E-state index in [2.05, 4.69) is 22.2 Å². The van der Waals surface area contributed by atoms with Crippen molar-refractivity contribution in [3.05, 3.63) is 18.0 Å². The maximum absolute atomic E-state index is 12.0. The maximum Gasteiger partial charge on any atom is 0.246 e. The second-order valence-corrected chi connectivity index (χ2v) is 8.00. The van der Waals surface area contributed by atoms with Crippen LogP contribution in [-0.2, 0) is 20.8 Å². The molecule has 8 nitrogen and oxygen atoms in total. The number of ether oxygens (including phenoxy) is 2. The average molecular weight is 380 g/mol. The highest BCUT2D eigenvalue weighted by Gasteiger charge is 2.53. The highest BCUT2D eigenvalue weighted by Crippen LogP contribution is 2.39. The van der Waals surface area contributed by atoms with Crippen molar-refractivity contribution in [1.29, 1.82) is 0 Å². The van der Waals surface area contributed by atoms with Crippen LogP contribution < -0.4 is 5.32 Å². The van der Waals surface area contributed by atoms with Crippen LogP contribution in [0.5, 0.6) is 0 Å². The van der Waals surface area contributed by atoms with E-state index in [1.165, 1.54) is 7.11 Å². The standard InChI is InChI=1S/C19H32N4O4/c1-15-4-8-20-23(15)12-11-22-9-5-19(6-10-22)17(25)18(2,7-13-27-19)21-16(24)14-26-3/h4,8,17,25H,5-7,9-14H2,1-3H3,(H,21,24)/t17-,18+/m0/s1. The van der Waals surface area contributed by atoms with Crippen LogP contribution in [0.1, 0.15) is 31.9 Å². The highest BCUT2D eigenvalue weighted by molar-refractivity contribution is 5.78. The predicted molar refractivity (Wildman–Crippen MR) is 100 cm³/mol. The van der Waals surface area contributed by atoms with Crippen LogP contribution in [0.4, 0.5) is 0 Å². The number of carbonyl (C=O) groups excluding carboxylic acids is 1. The third-order valence-corrected chi connectivity index (χ3v) is 6.07. The fourth-order valence-corrected chi connectivity index (χ4v) is 4.32. The number of aliphatic hydroxyl groups excluding tert-OH is 1. The summed E-state index contributed by atoms with van der Waals surface area (Å²) in [5.74, 6) is -0.205. The van der Waals surface area contributed by atoms with Crippen molar-refractivity contribution in [3.63, 3.8) is 0 Å². The number of rotatable bonds is 6. The molecule has 2 atom stereocenters. The molecule has 2 saturated heterocycles. The molecule has 1 aromatic rings. The third-order valence-electron chi connectivity index (χ3n) is 6.07. The molecule has 0 saturated carbocycles. The quantitative estimate of drug-likeness (QED) is 0.739. The highest BCUT2D eigenvalue weighted by atomic mass is 16.5. The Bertz CT molecular complexity index is 641. The minimum atomic E-state index is -0.741. The van der Waals surface area contributed by atoms with Crippen LogP contribution in [0.15, 0.2) is 12.3 Å². The predicted octanol–water partition coefficient (Wildman–Crippen LogP) is 0.329. The molecule has 1 spiro atoms. The maximum atomic E-state index is 12.0. The molecule has 2 aliphatic rings. The van der Waals surface area contributed by atoms with Gasteiger partial charge in [0.1, 0.15) is 12.7 Å². The van der Waals surface area contributed by atoms with Gasteiger partial charge in [-0.1, -0.05) is 0 Å². The lowest BCUT2D eigenvalue weighted by molar-refractivity contribution is -0.208. The zero-order chi connectivity index (χ0) is 19.5. The van der Waals surface area contributed by atoms with Gasteiger partial charge in [-0.05, 0) is 39.2 Å². The Morgan fingerprint density at radius 2 is 2.15 bits per heavy atom. The van der Waals surface area contributed by atoms with Crippen LogP contribution in [0, 0.1) is 6.92 Å². The molecule has 0 aliphatic carbocycles. The summed E-state index contributed by atoms with van der Waals surface area (Å²) in [6.07, 6.45) is 3.18. The molecule has 2 aliphatic heterocycles. The smallest absolute Gasteiger partial charge is 0.246 e. The molecule has 152 valence electrons. The van der Waals surface area contributed by atoms with E-state index in [9.17, 15) is 9.90 Å². The van der Waals surface area contributed by atoms with Crippen molar-refractivity contribution >= 4 is 5.91 Å². The lowest BCUT2D eigenvalue weighted by atomic mass is 9.73. The van der Waals surface area contributed by atoms with Gasteiger partial charge in [0.25, 0.3) is 0 Å². The second-order valence-electron chi connectivity index (χ2n) is 8.00. The first-order chi connectivity index (χ1) is 12.9. The first kappa shape index (κ1) is 20.3. The second kappa shape index (κ2) is 8.26. The van der Waals surface area contributed by atoms with Gasteiger partial charge >= 0.3 is 0 Å². The Labute approximate surface area is 160 Å². The molecule has 1 amide bonds. The van der Waals surface area contributed by atoms with Gasteiger partial charge in [0, 0.05) is 45.2 Å². The van der Waals surface area contributed by atoms with E-state index in [-0.39, 0.29) is 12.5 Å². The lowest BCUT2D eigenvalue weighted by Crippen LogP contribution is -2.69. The zero-order valence-electron chi connectivity index (χ0n) is 16.6. The van der Waals surface area contributed by atoms with Crippen molar-refractivity contribution in [3.8, 4) is 0 Å². The molecular weight excluding hydrogens is 348 g/mol. The summed E-state index contributed by atoms with van der Waals surface area (Å²) in [5, 5.41) is 18.4. The van der Waals surface area contributed by atoms with Gasteiger partial charge in [0.15, 0.2) is 0 Å². The molecule has 3 heterocycles. The Morgan fingerprint density at radius 1 is 1.41 bits per heavy atom. The topological polar surface area (TPSA) is 88.9 Å². The molecule has 2 N–H and O–H groups in total. The number of hydrogen-bond donors (Lipinski definition) is 2. The molecule has 0 radical (unpaired) electrons. The third kappa shape index (κ3) is 4.34. The summed E-state index contributed by atoms with van der Waals surface area (Å²) < 4.78 is 13.0. The number of hydrogen-bond acceptors (Lipinski definition) is 6. The van der Waals surface area contributed by atoms with Crippen molar-refractivity contribution in [2.24, 2.45) is 0 Å². The molecule has 8 heteroatoms. The number of carbonyl (C=O) groups is 1. The SMILES string of the molecule is COCC(=O)N[C@]1(C)CCOC2(CCN(CCn3nccc3C)CC2)[C@H]1O. The number of amides is 1. The molecular formula is C19H32N4O4. The summed E-state index contributed by atoms with van der Waals surface area (Å²) in [5.41, 5.74) is -0.120. The van der Waals surface area contributed by atoms with Crippen LogP contribution in [0.2, 0.25) is 0 Å². The Kier molecular flexibility index (Phi) is 6.20. The largest absolute Gasteiger partial charge is 0.388 e. The van der Waals surface area contributed by atoms with Crippen molar-refractivity contribution in [1.82, 2.24) is 20.0 Å². The van der Waals surface area contributed by atoms with Gasteiger partial charge in [0.05, 0.1) is 17.7 Å². The number of aryl methyl sites for hydroxylation is 1. The van der Waals surface area contributed by atoms with Gasteiger partial charge in [-0.2, -0.15) is 5.10 Å². The molecule has 0 aromatic carbocycles. The monoisotopic (exact) mass is 380 g/mol. The van der Waals surface area contributed by atoms with Crippen molar-refractivity contribution < 1.29 is 19.4 Å². The number of piperidine rings is 1. The zero-order valence-corrected chi connectivity index (χ0v) is 16.6. The number of nitrogens with zero attached hydrogens (tertiary/aromatic N) is 3. The number of aliphatic hydroxyl groups is 1. The molecule has 1 aromatic heterocycles. The van der Waals surface area contributed by atoms with E-state index in [1.807, 2.05) is 23.9 Å². The van der Waals surface area contributed by atoms with E-state index < -0.39 is 17.2 Å². The van der Waals surface area contributed by atoms with Crippen molar-refractivity contribution in [2.75, 3.05) is 40.0 Å². The molecule has 2 fully saturated rings. The van der Waals surface area contributed by atoms with Crippen LogP contribution in [-0.4, -0.2) is 82.9 Å². The Morgan fingerprint density at radius 3 is 2.78 bits per heavy atom. The average Bonchev–Trinajstić information content (AvgIpc) is 3.04. The molecule has 3 rings (SSSR count). The van der Waals surface area contributed by atoms with Crippen LogP contribution in [0.25, 0.3) is 0 Å². The Balaban J connectivity index is 1.57. The van der Waals surface area contributed by atoms with Gasteiger partial charge < -0.3 is 24.8 Å². The summed E-state index contributed by atoms with van der Waals surface area (Å²) in [4.78, 5) is 14.4. The fourth-order valence-electron chi connectivity index (χ4n) is 4.32. The van der Waals surface area contributed by atoms with Gasteiger partial charge in [-0.25, -0.2) is 0 Å². The summed E-state index contributed by atoms with van der Waals surface area (Å²) >= 11 is 0. The number of likely N-dealkylation sites (tertiary alicyclic amines) is 1. The molecule has 0 bridgehead atoms. The first-order valence-corrected chi connectivity index (χ1v) is 9.71. The minimum absolute atomic E-state index is 0.00318. The lowest BCUT2D eigenvalue weighted by Gasteiger charge is -2.53. The van der Waals surface area contributed by atoms with E-state index >= 15 is 0 Å². The van der Waals surface area contributed by atoms with E-state index in [1.54, 1.807) is 0 Å². The van der Waals surface area contributed by atoms with E-state index in [0.29, 0.717) is 13.0 Å². The molecule has 0 unspecified atom stereocenters. The number of methoxy groups -OCH3 is 1. The Hall–Kier alpha value is -1.48. The summed E-state index contributed by atoms with van der Waals surface area (Å²) in [6, 6.07) is 2.01. The van der Waals surface area contributed by atoms with Gasteiger partial charge in [-0.3, -0.25) is 9.48 Å². The minimum Gasteiger partial charge on any atom is -0.388 e. The van der Waals surface area contributed by atoms with E-state index in [0.717, 1.165) is 44.7 Å². The number of nitrogens with one attached hydrogen (secondary N) is 1. The van der Waals surface area contributed by atoms with Crippen molar-refractivity contribution in [2.45, 2.75) is 56.9 Å². The van der Waals surface area contributed by atoms with Crippen LogP contribution >= 0.6 is 0 Å². The normalized spacial score (nSPS) is 28.4. The molecule has 27 heavy (non-hydrogen) atoms.